The molecular formula is C12H18ClNO2S. The van der Waals surface area contributed by atoms with E-state index in [9.17, 15) is 8.42 Å². The Kier molecular flexibility index (Phi) is 5.28. The summed E-state index contributed by atoms with van der Waals surface area (Å²) in [5.74, 6) is 0.101. The van der Waals surface area contributed by atoms with Gasteiger partial charge in [-0.3, -0.25) is 0 Å². The average Bonchev–Trinajstić information content (AvgIpc) is 2.36. The van der Waals surface area contributed by atoms with Gasteiger partial charge in [0.1, 0.15) is 0 Å². The summed E-state index contributed by atoms with van der Waals surface area (Å²) in [7, 11) is -3.19. The van der Waals surface area contributed by atoms with Crippen molar-refractivity contribution in [3.05, 3.63) is 24.3 Å². The first-order valence-corrected chi connectivity index (χ1v) is 7.79. The largest absolute Gasteiger partial charge is 0.383 e. The lowest BCUT2D eigenvalue weighted by Gasteiger charge is -2.13. The molecule has 1 atom stereocenters. The van der Waals surface area contributed by atoms with E-state index in [-0.39, 0.29) is 11.1 Å². The Morgan fingerprint density at radius 2 is 1.94 bits per heavy atom. The van der Waals surface area contributed by atoms with Gasteiger partial charge < -0.3 is 5.32 Å². The van der Waals surface area contributed by atoms with Crippen molar-refractivity contribution in [3.63, 3.8) is 0 Å². The molecule has 17 heavy (non-hydrogen) atoms. The van der Waals surface area contributed by atoms with E-state index in [1.54, 1.807) is 25.1 Å². The van der Waals surface area contributed by atoms with Gasteiger partial charge in [-0.05, 0) is 18.6 Å². The fraction of sp³-hybridized carbons (Fsp3) is 0.500. The standard InChI is InChI=1S/C12H18ClNO2S/c1-3-10(13)9-14-11-7-5-6-8-12(11)17(15,16)4-2/h5-8,10,14H,3-4,9H2,1-2H3. The molecule has 0 radical (unpaired) electrons. The molecule has 3 nitrogen and oxygen atoms in total. The SMILES string of the molecule is CCC(Cl)CNc1ccccc1S(=O)(=O)CC. The summed E-state index contributed by atoms with van der Waals surface area (Å²) in [5.41, 5.74) is 0.633. The molecule has 0 saturated heterocycles. The number of para-hydroxylation sites is 1. The molecule has 0 spiro atoms. The summed E-state index contributed by atoms with van der Waals surface area (Å²) in [5, 5.41) is 3.10. The lowest BCUT2D eigenvalue weighted by atomic mass is 10.3. The molecule has 0 saturated carbocycles. The first-order valence-electron chi connectivity index (χ1n) is 5.71. The molecule has 1 N–H and O–H groups in total. The van der Waals surface area contributed by atoms with E-state index in [1.807, 2.05) is 13.0 Å². The minimum Gasteiger partial charge on any atom is -0.383 e. The molecule has 0 aliphatic rings. The Labute approximate surface area is 108 Å². The molecule has 1 rings (SSSR count). The van der Waals surface area contributed by atoms with Crippen molar-refractivity contribution < 1.29 is 8.42 Å². The highest BCUT2D eigenvalue weighted by Crippen LogP contribution is 2.22. The first-order chi connectivity index (χ1) is 8.01. The monoisotopic (exact) mass is 275 g/mol. The summed E-state index contributed by atoms with van der Waals surface area (Å²) >= 11 is 6.00. The van der Waals surface area contributed by atoms with Crippen LogP contribution in [0.4, 0.5) is 5.69 Å². The zero-order valence-electron chi connectivity index (χ0n) is 10.1. The van der Waals surface area contributed by atoms with Crippen molar-refractivity contribution in [2.24, 2.45) is 0 Å². The van der Waals surface area contributed by atoms with Crippen LogP contribution >= 0.6 is 11.6 Å². The Balaban J connectivity index is 2.93. The predicted octanol–water partition coefficient (Wildman–Crippen LogP) is 2.91. The van der Waals surface area contributed by atoms with Gasteiger partial charge in [-0.1, -0.05) is 26.0 Å². The lowest BCUT2D eigenvalue weighted by Crippen LogP contribution is -2.15. The van der Waals surface area contributed by atoms with Crippen molar-refractivity contribution in [2.45, 2.75) is 30.5 Å². The van der Waals surface area contributed by atoms with Gasteiger partial charge in [0.15, 0.2) is 9.84 Å². The fourth-order valence-corrected chi connectivity index (χ4v) is 2.55. The highest BCUT2D eigenvalue weighted by Gasteiger charge is 2.16. The summed E-state index contributed by atoms with van der Waals surface area (Å²) in [6.07, 6.45) is 0.844. The van der Waals surface area contributed by atoms with E-state index in [4.69, 9.17) is 11.6 Å². The van der Waals surface area contributed by atoms with Crippen LogP contribution in [0.15, 0.2) is 29.2 Å². The van der Waals surface area contributed by atoms with Crippen LogP contribution in [0.5, 0.6) is 0 Å². The summed E-state index contributed by atoms with van der Waals surface area (Å²) in [6.45, 7) is 4.20. The van der Waals surface area contributed by atoms with Crippen LogP contribution in [-0.2, 0) is 9.84 Å². The molecule has 96 valence electrons. The Hall–Kier alpha value is -0.740. The second-order valence-corrected chi connectivity index (χ2v) is 6.65. The van der Waals surface area contributed by atoms with Crippen molar-refractivity contribution in [2.75, 3.05) is 17.6 Å². The summed E-state index contributed by atoms with van der Waals surface area (Å²) in [4.78, 5) is 0.350. The van der Waals surface area contributed by atoms with Crippen molar-refractivity contribution >= 4 is 27.1 Å². The first kappa shape index (κ1) is 14.3. The van der Waals surface area contributed by atoms with Crippen LogP contribution in [0, 0.1) is 0 Å². The fourth-order valence-electron chi connectivity index (χ4n) is 1.40. The molecule has 0 aliphatic heterocycles. The molecule has 5 heteroatoms. The average molecular weight is 276 g/mol. The van der Waals surface area contributed by atoms with Crippen LogP contribution in [0.25, 0.3) is 0 Å². The lowest BCUT2D eigenvalue weighted by molar-refractivity contribution is 0.597. The Morgan fingerprint density at radius 1 is 1.29 bits per heavy atom. The molecule has 0 heterocycles. The van der Waals surface area contributed by atoms with E-state index in [2.05, 4.69) is 5.32 Å². The second-order valence-electron chi connectivity index (χ2n) is 3.79. The predicted molar refractivity (Wildman–Crippen MR) is 72.6 cm³/mol. The van der Waals surface area contributed by atoms with Crippen LogP contribution in [0.2, 0.25) is 0 Å². The molecule has 0 aromatic heterocycles. The smallest absolute Gasteiger partial charge is 0.180 e. The second kappa shape index (κ2) is 6.26. The third kappa shape index (κ3) is 3.89. The van der Waals surface area contributed by atoms with Gasteiger partial charge in [0.2, 0.25) is 0 Å². The van der Waals surface area contributed by atoms with Gasteiger partial charge in [0, 0.05) is 6.54 Å². The minimum absolute atomic E-state index is 0.00684. The maximum Gasteiger partial charge on any atom is 0.180 e. The number of hydrogen-bond donors (Lipinski definition) is 1. The normalized spacial score (nSPS) is 13.4. The van der Waals surface area contributed by atoms with Crippen molar-refractivity contribution in [1.29, 1.82) is 0 Å². The number of rotatable bonds is 6. The number of nitrogens with one attached hydrogen (secondary N) is 1. The maximum absolute atomic E-state index is 11.9. The highest BCUT2D eigenvalue weighted by molar-refractivity contribution is 7.91. The van der Waals surface area contributed by atoms with Crippen LogP contribution in [0.1, 0.15) is 20.3 Å². The van der Waals surface area contributed by atoms with Gasteiger partial charge in [-0.25, -0.2) is 8.42 Å². The van der Waals surface area contributed by atoms with E-state index in [0.717, 1.165) is 6.42 Å². The number of sulfone groups is 1. The topological polar surface area (TPSA) is 46.2 Å². The van der Waals surface area contributed by atoms with Gasteiger partial charge in [-0.15, -0.1) is 11.6 Å². The summed E-state index contributed by atoms with van der Waals surface area (Å²) in [6, 6.07) is 6.93. The maximum atomic E-state index is 11.9. The third-order valence-corrected chi connectivity index (χ3v) is 4.81. The van der Waals surface area contributed by atoms with Gasteiger partial charge in [0.25, 0.3) is 0 Å². The molecule has 0 bridgehead atoms. The Bertz CT molecular complexity index is 459. The van der Waals surface area contributed by atoms with Crippen LogP contribution in [-0.4, -0.2) is 26.1 Å². The number of benzene rings is 1. The number of anilines is 1. The highest BCUT2D eigenvalue weighted by atomic mass is 35.5. The van der Waals surface area contributed by atoms with E-state index in [1.165, 1.54) is 0 Å². The number of alkyl halides is 1. The molecule has 1 aromatic rings. The molecular weight excluding hydrogens is 258 g/mol. The minimum atomic E-state index is -3.19. The van der Waals surface area contributed by atoms with Crippen LogP contribution in [0.3, 0.4) is 0 Å². The van der Waals surface area contributed by atoms with Gasteiger partial charge in [-0.2, -0.15) is 0 Å². The molecule has 0 amide bonds. The molecule has 1 aromatic carbocycles. The van der Waals surface area contributed by atoms with Crippen LogP contribution < -0.4 is 5.32 Å². The molecule has 1 unspecified atom stereocenters. The number of hydrogen-bond acceptors (Lipinski definition) is 3. The molecule has 0 fully saturated rings. The van der Waals surface area contributed by atoms with Crippen molar-refractivity contribution in [3.8, 4) is 0 Å². The zero-order chi connectivity index (χ0) is 12.9. The van der Waals surface area contributed by atoms with E-state index >= 15 is 0 Å². The van der Waals surface area contributed by atoms with E-state index < -0.39 is 9.84 Å². The molecule has 0 aliphatic carbocycles. The van der Waals surface area contributed by atoms with Gasteiger partial charge in [0.05, 0.1) is 21.7 Å². The Morgan fingerprint density at radius 3 is 2.53 bits per heavy atom. The summed E-state index contributed by atoms with van der Waals surface area (Å²) < 4.78 is 23.7. The third-order valence-electron chi connectivity index (χ3n) is 2.56. The van der Waals surface area contributed by atoms with E-state index in [0.29, 0.717) is 17.1 Å². The zero-order valence-corrected chi connectivity index (χ0v) is 11.7. The number of halogens is 1. The quantitative estimate of drug-likeness (QED) is 0.812. The van der Waals surface area contributed by atoms with Crippen molar-refractivity contribution in [1.82, 2.24) is 0 Å². The van der Waals surface area contributed by atoms with Gasteiger partial charge >= 0.3 is 0 Å².